The molecule has 2 aromatic carbocycles. The van der Waals surface area contributed by atoms with Crippen LogP contribution in [0.25, 0.3) is 21.6 Å². The number of rotatable bonds is 8. The molecule has 5 rings (SSSR count). The largest absolute Gasteiger partial charge is 0.481 e. The molecule has 9 nitrogen and oxygen atoms in total. The summed E-state index contributed by atoms with van der Waals surface area (Å²) < 4.78 is 29.9. The van der Waals surface area contributed by atoms with Gasteiger partial charge in [0.25, 0.3) is 0 Å². The molecule has 1 saturated heterocycles. The van der Waals surface area contributed by atoms with Crippen LogP contribution < -0.4 is 4.74 Å². The Hall–Kier alpha value is -3.25. The molecule has 1 aliphatic rings. The molecule has 4 aromatic rings. The molecule has 0 amide bonds. The summed E-state index contributed by atoms with van der Waals surface area (Å²) in [4.78, 5) is 21.8. The molecule has 3 heterocycles. The molecule has 3 N–H and O–H groups in total. The van der Waals surface area contributed by atoms with Gasteiger partial charge in [0.05, 0.1) is 17.0 Å². The second-order valence-electron chi connectivity index (χ2n) is 9.27. The number of carboxylic acids is 1. The molecule has 0 spiro atoms. The van der Waals surface area contributed by atoms with Crippen LogP contribution in [0.5, 0.6) is 11.5 Å². The molecule has 0 bridgehead atoms. The number of hydrogen-bond acceptors (Lipinski definition) is 8. The van der Waals surface area contributed by atoms with Crippen molar-refractivity contribution in [1.82, 2.24) is 14.9 Å². The lowest BCUT2D eigenvalue weighted by molar-refractivity contribution is -0.136. The van der Waals surface area contributed by atoms with Gasteiger partial charge in [0, 0.05) is 39.8 Å². The van der Waals surface area contributed by atoms with Crippen LogP contribution in [0.2, 0.25) is 0 Å². The number of aryl methyl sites for hydroxylation is 1. The lowest BCUT2D eigenvalue weighted by Crippen LogP contribution is -2.27. The van der Waals surface area contributed by atoms with Gasteiger partial charge in [-0.3, -0.25) is 9.69 Å². The number of aliphatic hydroxyl groups is 1. The molecule has 2 aromatic heterocycles. The Balaban J connectivity index is 1.51. The van der Waals surface area contributed by atoms with E-state index in [1.165, 1.54) is 23.5 Å². The fourth-order valence-electron chi connectivity index (χ4n) is 4.60. The molecule has 0 radical (unpaired) electrons. The number of aliphatic hydroxyl groups excluding tert-OH is 1. The lowest BCUT2D eigenvalue weighted by atomic mass is 10.0. The highest BCUT2D eigenvalue weighted by molar-refractivity contribution is 7.90. The van der Waals surface area contributed by atoms with E-state index >= 15 is 0 Å². The minimum Gasteiger partial charge on any atom is -0.481 e. The van der Waals surface area contributed by atoms with E-state index in [4.69, 9.17) is 9.84 Å². The molecule has 1 fully saturated rings. The zero-order chi connectivity index (χ0) is 26.3. The first-order valence-electron chi connectivity index (χ1n) is 11.8. The molecule has 194 valence electrons. The van der Waals surface area contributed by atoms with Gasteiger partial charge < -0.3 is 19.9 Å². The maximum Gasteiger partial charge on any atom is 0.303 e. The summed E-state index contributed by atoms with van der Waals surface area (Å²) >= 11 is 1.46. The maximum atomic E-state index is 11.8. The number of hydrogen-bond donors (Lipinski definition) is 3. The quantitative estimate of drug-likeness (QED) is 0.295. The SMILES string of the molecule is CN1C(O)CCC1c1cc2[nH]c(-c3ncc(CCC(=O)O)s3)cc2cc1Oc1ccc(S(C)(=O)=O)cc1. The first kappa shape index (κ1) is 25.4. The van der Waals surface area contributed by atoms with Gasteiger partial charge in [-0.15, -0.1) is 11.3 Å². The van der Waals surface area contributed by atoms with Crippen LogP contribution in [0.3, 0.4) is 0 Å². The number of aromatic amines is 1. The number of aliphatic carboxylic acids is 1. The monoisotopic (exact) mass is 541 g/mol. The number of likely N-dealkylation sites (tertiary alicyclic amines) is 1. The van der Waals surface area contributed by atoms with Crippen LogP contribution in [-0.2, 0) is 21.1 Å². The zero-order valence-electron chi connectivity index (χ0n) is 20.3. The second kappa shape index (κ2) is 9.90. The third-order valence-electron chi connectivity index (χ3n) is 6.62. The van der Waals surface area contributed by atoms with Crippen molar-refractivity contribution in [3.8, 4) is 22.2 Å². The average molecular weight is 542 g/mol. The van der Waals surface area contributed by atoms with Gasteiger partial charge in [0.1, 0.15) is 22.7 Å². The smallest absolute Gasteiger partial charge is 0.303 e. The van der Waals surface area contributed by atoms with Gasteiger partial charge in [-0.1, -0.05) is 0 Å². The fourth-order valence-corrected chi connectivity index (χ4v) is 6.11. The normalized spacial score (nSPS) is 18.5. The van der Waals surface area contributed by atoms with Crippen molar-refractivity contribution in [3.05, 3.63) is 59.1 Å². The summed E-state index contributed by atoms with van der Waals surface area (Å²) in [6.07, 6.45) is 4.24. The molecule has 2 unspecified atom stereocenters. The molecule has 37 heavy (non-hydrogen) atoms. The number of aromatic nitrogens is 2. The average Bonchev–Trinajstić information content (AvgIpc) is 3.56. The van der Waals surface area contributed by atoms with Gasteiger partial charge in [0.15, 0.2) is 9.84 Å². The van der Waals surface area contributed by atoms with Crippen LogP contribution in [0, 0.1) is 0 Å². The van der Waals surface area contributed by atoms with Gasteiger partial charge >= 0.3 is 5.97 Å². The van der Waals surface area contributed by atoms with Gasteiger partial charge in [-0.2, -0.15) is 0 Å². The van der Waals surface area contributed by atoms with Crippen molar-refractivity contribution in [2.24, 2.45) is 0 Å². The van der Waals surface area contributed by atoms with Crippen molar-refractivity contribution in [1.29, 1.82) is 0 Å². The first-order valence-corrected chi connectivity index (χ1v) is 14.5. The Bertz CT molecular complexity index is 1560. The first-order chi connectivity index (χ1) is 17.6. The van der Waals surface area contributed by atoms with Crippen LogP contribution in [0.1, 0.15) is 35.7 Å². The number of fused-ring (bicyclic) bond motifs is 1. The maximum absolute atomic E-state index is 11.8. The van der Waals surface area contributed by atoms with Crippen molar-refractivity contribution in [3.63, 3.8) is 0 Å². The third kappa shape index (κ3) is 5.40. The Labute approximate surface area is 218 Å². The van der Waals surface area contributed by atoms with Gasteiger partial charge in [-0.25, -0.2) is 13.4 Å². The Morgan fingerprint density at radius 2 is 1.97 bits per heavy atom. The molecule has 0 aliphatic carbocycles. The number of H-pyrrole nitrogens is 1. The van der Waals surface area contributed by atoms with E-state index in [0.717, 1.165) is 44.7 Å². The number of carbonyl (C=O) groups is 1. The Morgan fingerprint density at radius 1 is 1.22 bits per heavy atom. The van der Waals surface area contributed by atoms with E-state index in [9.17, 15) is 18.3 Å². The summed E-state index contributed by atoms with van der Waals surface area (Å²) in [7, 11) is -1.43. The highest BCUT2D eigenvalue weighted by atomic mass is 32.2. The molecule has 1 aliphatic heterocycles. The minimum absolute atomic E-state index is 0.0565. The van der Waals surface area contributed by atoms with Crippen molar-refractivity contribution >= 4 is 38.0 Å². The summed E-state index contributed by atoms with van der Waals surface area (Å²) in [5.41, 5.74) is 2.62. The standard InChI is InChI=1S/C26H27N3O6S2/c1-29-22(8-9-24(29)30)19-13-20-15(11-21(28-20)26-27-14-17(36-26)5-10-25(31)32)12-23(19)35-16-3-6-18(7-4-16)37(2,33)34/h3-4,6-7,11-14,22,24,28,30H,5,8-10H2,1-2H3,(H,31,32). The van der Waals surface area contributed by atoms with Gasteiger partial charge in [0.2, 0.25) is 0 Å². The van der Waals surface area contributed by atoms with Crippen LogP contribution in [0.15, 0.2) is 53.6 Å². The van der Waals surface area contributed by atoms with Crippen molar-refractivity contribution in [2.45, 2.75) is 42.8 Å². The number of sulfone groups is 1. The lowest BCUT2D eigenvalue weighted by Gasteiger charge is -2.24. The van der Waals surface area contributed by atoms with Crippen LogP contribution in [0.4, 0.5) is 0 Å². The molecule has 2 atom stereocenters. The fraction of sp³-hybridized carbons (Fsp3) is 0.308. The summed E-state index contributed by atoms with van der Waals surface area (Å²) in [6, 6.07) is 12.2. The number of nitrogens with one attached hydrogen (secondary N) is 1. The van der Waals surface area contributed by atoms with E-state index in [1.54, 1.807) is 18.3 Å². The molecular weight excluding hydrogens is 514 g/mol. The van der Waals surface area contributed by atoms with Crippen molar-refractivity contribution in [2.75, 3.05) is 13.3 Å². The third-order valence-corrected chi connectivity index (χ3v) is 8.84. The predicted octanol–water partition coefficient (Wildman–Crippen LogP) is 4.59. The van der Waals surface area contributed by atoms with E-state index in [0.29, 0.717) is 24.3 Å². The molecular formula is C26H27N3O6S2. The number of thiazole rings is 1. The van der Waals surface area contributed by atoms with E-state index < -0.39 is 22.0 Å². The number of benzene rings is 2. The topological polar surface area (TPSA) is 133 Å². The van der Waals surface area contributed by atoms with Crippen molar-refractivity contribution < 1.29 is 28.2 Å². The predicted molar refractivity (Wildman–Crippen MR) is 141 cm³/mol. The van der Waals surface area contributed by atoms with E-state index in [1.807, 2.05) is 30.1 Å². The number of ether oxygens (including phenoxy) is 1. The molecule has 0 saturated carbocycles. The van der Waals surface area contributed by atoms with E-state index in [2.05, 4.69) is 9.97 Å². The molecule has 11 heteroatoms. The van der Waals surface area contributed by atoms with Crippen LogP contribution >= 0.6 is 11.3 Å². The highest BCUT2D eigenvalue weighted by Crippen LogP contribution is 2.42. The summed E-state index contributed by atoms with van der Waals surface area (Å²) in [5.74, 6) is 0.291. The van der Waals surface area contributed by atoms with E-state index in [-0.39, 0.29) is 17.4 Å². The Kier molecular flexibility index (Phi) is 6.80. The minimum atomic E-state index is -3.31. The number of nitrogens with zero attached hydrogens (tertiary/aromatic N) is 2. The summed E-state index contributed by atoms with van der Waals surface area (Å²) in [5, 5.41) is 21.0. The number of carboxylic acid groups (broad SMARTS) is 1. The second-order valence-corrected chi connectivity index (χ2v) is 12.4. The zero-order valence-corrected chi connectivity index (χ0v) is 22.0. The Morgan fingerprint density at radius 3 is 2.62 bits per heavy atom. The van der Waals surface area contributed by atoms with Crippen LogP contribution in [-0.4, -0.2) is 59.0 Å². The highest BCUT2D eigenvalue weighted by Gasteiger charge is 2.32. The van der Waals surface area contributed by atoms with Gasteiger partial charge in [-0.05, 0) is 68.8 Å². The summed E-state index contributed by atoms with van der Waals surface area (Å²) in [6.45, 7) is 0.